The quantitative estimate of drug-likeness (QED) is 0.804. The van der Waals surface area contributed by atoms with Crippen LogP contribution in [0.25, 0.3) is 0 Å². The summed E-state index contributed by atoms with van der Waals surface area (Å²) in [6.45, 7) is 0. The lowest BCUT2D eigenvalue weighted by atomic mass is 10.1. The Kier molecular flexibility index (Phi) is 3.17. The molecule has 1 aliphatic rings. The number of hydrogen-bond acceptors (Lipinski definition) is 2. The van der Waals surface area contributed by atoms with Crippen molar-refractivity contribution in [3.05, 3.63) is 60.2 Å². The van der Waals surface area contributed by atoms with Crippen LogP contribution in [0.4, 0.5) is 11.4 Å². The van der Waals surface area contributed by atoms with E-state index >= 15 is 0 Å². The van der Waals surface area contributed by atoms with Crippen LogP contribution in [0.1, 0.15) is 5.56 Å². The summed E-state index contributed by atoms with van der Waals surface area (Å²) in [4.78, 5) is 16.3. The van der Waals surface area contributed by atoms with Gasteiger partial charge in [-0.1, -0.05) is 58.4 Å². The van der Waals surface area contributed by atoms with E-state index in [0.29, 0.717) is 0 Å². The van der Waals surface area contributed by atoms with E-state index in [9.17, 15) is 4.79 Å². The molecule has 1 aliphatic heterocycles. The van der Waals surface area contributed by atoms with Crippen molar-refractivity contribution >= 4 is 38.9 Å². The minimum Gasteiger partial charge on any atom is -0.323 e. The van der Waals surface area contributed by atoms with Gasteiger partial charge in [0.15, 0.2) is 0 Å². The minimum absolute atomic E-state index is 0.104. The van der Waals surface area contributed by atoms with Crippen molar-refractivity contribution in [3.63, 3.8) is 0 Å². The highest BCUT2D eigenvalue weighted by molar-refractivity contribution is 9.10. The zero-order valence-electron chi connectivity index (χ0n) is 10.0. The summed E-state index contributed by atoms with van der Waals surface area (Å²) >= 11 is 3.42. The second-order valence-corrected chi connectivity index (χ2v) is 5.15. The molecule has 2 aromatic carbocycles. The fourth-order valence-electron chi connectivity index (χ4n) is 2.00. The van der Waals surface area contributed by atoms with Crippen LogP contribution in [0.2, 0.25) is 0 Å². The average Bonchev–Trinajstić information content (AvgIpc) is 2.58. The highest BCUT2D eigenvalue weighted by atomic mass is 79.9. The Morgan fingerprint density at radius 3 is 2.47 bits per heavy atom. The first-order valence-corrected chi connectivity index (χ1v) is 6.85. The molecule has 0 spiro atoms. The third-order valence-corrected chi connectivity index (χ3v) is 3.79. The third kappa shape index (κ3) is 2.31. The number of carbonyl (C=O) groups is 1. The van der Waals surface area contributed by atoms with E-state index < -0.39 is 4.83 Å². The lowest BCUT2D eigenvalue weighted by Gasteiger charge is -2.09. The average molecular weight is 315 g/mol. The molecule has 0 fully saturated rings. The van der Waals surface area contributed by atoms with Crippen LogP contribution < -0.4 is 5.32 Å². The van der Waals surface area contributed by atoms with Crippen LogP contribution in [-0.2, 0) is 4.79 Å². The standard InChI is InChI=1S/C15H11BrN2O/c16-13-14(10-6-2-1-3-7-10)17-11-8-4-5-9-12(11)18-15(13)19/h1-9,13H,(H,18,19)/t13-/m1/s1. The molecule has 4 heteroatoms. The SMILES string of the molecule is O=C1Nc2ccccc2N=C(c2ccccc2)[C@H]1Br. The molecule has 0 aromatic heterocycles. The summed E-state index contributed by atoms with van der Waals surface area (Å²) in [5, 5.41) is 2.87. The van der Waals surface area contributed by atoms with Gasteiger partial charge in [-0.2, -0.15) is 0 Å². The predicted octanol–water partition coefficient (Wildman–Crippen LogP) is 3.52. The number of halogens is 1. The van der Waals surface area contributed by atoms with E-state index in [4.69, 9.17) is 0 Å². The fraction of sp³-hybridized carbons (Fsp3) is 0.0667. The maximum Gasteiger partial charge on any atom is 0.244 e. The van der Waals surface area contributed by atoms with Crippen LogP contribution in [0, 0.1) is 0 Å². The summed E-state index contributed by atoms with van der Waals surface area (Å²) in [5.74, 6) is -0.104. The number of para-hydroxylation sites is 2. The van der Waals surface area contributed by atoms with E-state index in [2.05, 4.69) is 26.2 Å². The second kappa shape index (κ2) is 4.97. The molecule has 1 heterocycles. The molecule has 1 atom stereocenters. The maximum absolute atomic E-state index is 12.1. The van der Waals surface area contributed by atoms with Crippen molar-refractivity contribution in [1.82, 2.24) is 0 Å². The summed E-state index contributed by atoms with van der Waals surface area (Å²) in [5.41, 5.74) is 3.18. The van der Waals surface area contributed by atoms with Crippen LogP contribution in [0.3, 0.4) is 0 Å². The molecule has 2 aromatic rings. The van der Waals surface area contributed by atoms with Gasteiger partial charge in [-0.15, -0.1) is 0 Å². The molecule has 1 N–H and O–H groups in total. The van der Waals surface area contributed by atoms with Crippen molar-refractivity contribution in [1.29, 1.82) is 0 Å². The summed E-state index contributed by atoms with van der Waals surface area (Å²) in [6.07, 6.45) is 0. The Morgan fingerprint density at radius 2 is 1.68 bits per heavy atom. The van der Waals surface area contributed by atoms with E-state index in [0.717, 1.165) is 22.6 Å². The molecule has 0 bridgehead atoms. The first-order valence-electron chi connectivity index (χ1n) is 5.93. The lowest BCUT2D eigenvalue weighted by molar-refractivity contribution is -0.114. The van der Waals surface area contributed by atoms with Gasteiger partial charge in [0.05, 0.1) is 17.1 Å². The van der Waals surface area contributed by atoms with Gasteiger partial charge < -0.3 is 5.32 Å². The van der Waals surface area contributed by atoms with Crippen LogP contribution in [0.15, 0.2) is 59.6 Å². The van der Waals surface area contributed by atoms with Crippen molar-refractivity contribution in [3.8, 4) is 0 Å². The molecule has 0 saturated carbocycles. The number of nitrogens with zero attached hydrogens (tertiary/aromatic N) is 1. The number of aliphatic imine (C=N–C) groups is 1. The van der Waals surface area contributed by atoms with Gasteiger partial charge in [0.2, 0.25) is 5.91 Å². The van der Waals surface area contributed by atoms with Gasteiger partial charge in [-0.25, -0.2) is 4.99 Å². The summed E-state index contributed by atoms with van der Waals surface area (Å²) in [7, 11) is 0. The first-order chi connectivity index (χ1) is 9.25. The van der Waals surface area contributed by atoms with Gasteiger partial charge in [0.25, 0.3) is 0 Å². The number of amides is 1. The number of anilines is 1. The molecule has 0 aliphatic carbocycles. The normalized spacial score (nSPS) is 18.1. The molecule has 3 rings (SSSR count). The summed E-state index contributed by atoms with van der Waals surface area (Å²) in [6, 6.07) is 17.3. The molecule has 0 unspecified atom stereocenters. The lowest BCUT2D eigenvalue weighted by Crippen LogP contribution is -2.29. The van der Waals surface area contributed by atoms with Gasteiger partial charge in [0, 0.05) is 0 Å². The molecule has 1 amide bonds. The van der Waals surface area contributed by atoms with Crippen molar-refractivity contribution in [2.75, 3.05) is 5.32 Å². The zero-order valence-corrected chi connectivity index (χ0v) is 11.6. The predicted molar refractivity (Wildman–Crippen MR) is 80.4 cm³/mol. The van der Waals surface area contributed by atoms with E-state index in [1.807, 2.05) is 54.6 Å². The Morgan fingerprint density at radius 1 is 1.00 bits per heavy atom. The van der Waals surface area contributed by atoms with Gasteiger partial charge >= 0.3 is 0 Å². The third-order valence-electron chi connectivity index (χ3n) is 2.94. The van der Waals surface area contributed by atoms with Gasteiger partial charge in [0.1, 0.15) is 4.83 Å². The summed E-state index contributed by atoms with van der Waals surface area (Å²) < 4.78 is 0. The number of rotatable bonds is 1. The van der Waals surface area contributed by atoms with E-state index in [1.54, 1.807) is 0 Å². The Balaban J connectivity index is 2.16. The number of alkyl halides is 1. The molecule has 19 heavy (non-hydrogen) atoms. The number of benzene rings is 2. The Bertz CT molecular complexity index is 652. The maximum atomic E-state index is 12.1. The smallest absolute Gasteiger partial charge is 0.244 e. The first kappa shape index (κ1) is 12.1. The van der Waals surface area contributed by atoms with Crippen molar-refractivity contribution in [2.45, 2.75) is 4.83 Å². The Hall–Kier alpha value is -1.94. The van der Waals surface area contributed by atoms with Crippen LogP contribution in [-0.4, -0.2) is 16.4 Å². The van der Waals surface area contributed by atoms with E-state index in [1.165, 1.54) is 0 Å². The fourth-order valence-corrected chi connectivity index (χ4v) is 2.48. The molecule has 0 radical (unpaired) electrons. The van der Waals surface area contributed by atoms with Gasteiger partial charge in [-0.05, 0) is 17.7 Å². The zero-order chi connectivity index (χ0) is 13.2. The number of hydrogen-bond donors (Lipinski definition) is 1. The molecular formula is C15H11BrN2O. The molecule has 3 nitrogen and oxygen atoms in total. The monoisotopic (exact) mass is 314 g/mol. The highest BCUT2D eigenvalue weighted by Gasteiger charge is 2.26. The van der Waals surface area contributed by atoms with Crippen molar-refractivity contribution < 1.29 is 4.79 Å². The molecular weight excluding hydrogens is 304 g/mol. The van der Waals surface area contributed by atoms with E-state index in [-0.39, 0.29) is 5.91 Å². The van der Waals surface area contributed by atoms with Crippen molar-refractivity contribution in [2.24, 2.45) is 4.99 Å². The highest BCUT2D eigenvalue weighted by Crippen LogP contribution is 2.30. The van der Waals surface area contributed by atoms with Crippen LogP contribution in [0.5, 0.6) is 0 Å². The molecule has 0 saturated heterocycles. The molecule has 94 valence electrons. The number of nitrogens with one attached hydrogen (secondary N) is 1. The topological polar surface area (TPSA) is 41.5 Å². The van der Waals surface area contributed by atoms with Crippen LogP contribution >= 0.6 is 15.9 Å². The minimum atomic E-state index is -0.456. The second-order valence-electron chi connectivity index (χ2n) is 4.23. The number of fused-ring (bicyclic) bond motifs is 1. The number of carbonyl (C=O) groups excluding carboxylic acids is 1. The largest absolute Gasteiger partial charge is 0.323 e. The van der Waals surface area contributed by atoms with Gasteiger partial charge in [-0.3, -0.25) is 4.79 Å². The Labute approximate surface area is 119 Å².